The number of aliphatic hydroxyl groups excluding tert-OH is 1. The van der Waals surface area contributed by atoms with Crippen LogP contribution in [-0.2, 0) is 21.4 Å². The average Bonchev–Trinajstić information content (AvgIpc) is 3.00. The summed E-state index contributed by atoms with van der Waals surface area (Å²) in [4.78, 5) is 17.3. The molecule has 0 saturated heterocycles. The number of benzene rings is 1. The molecule has 8 nitrogen and oxygen atoms in total. The van der Waals surface area contributed by atoms with Gasteiger partial charge in [-0.25, -0.2) is 8.42 Å². The van der Waals surface area contributed by atoms with Gasteiger partial charge in [-0.3, -0.25) is 9.79 Å². The zero-order valence-electron chi connectivity index (χ0n) is 20.0. The second kappa shape index (κ2) is 9.14. The Morgan fingerprint density at radius 3 is 2.42 bits per heavy atom. The molecule has 1 heterocycles. The first-order valence-electron chi connectivity index (χ1n) is 11.7. The smallest absolute Gasteiger partial charge is 0.390 e. The third-order valence-electron chi connectivity index (χ3n) is 7.32. The first kappa shape index (κ1) is 27.2. The molecule has 5 rings (SSSR count). The van der Waals surface area contributed by atoms with Gasteiger partial charge in [0.15, 0.2) is 0 Å². The van der Waals surface area contributed by atoms with Gasteiger partial charge in [-0.2, -0.15) is 17.5 Å². The molecule has 3 aliphatic carbocycles. The molecular weight excluding hydrogens is 521 g/mol. The predicted octanol–water partition coefficient (Wildman–Crippen LogP) is 2.60. The van der Waals surface area contributed by atoms with E-state index < -0.39 is 64.2 Å². The van der Waals surface area contributed by atoms with Gasteiger partial charge in [-0.1, -0.05) is 23.7 Å². The van der Waals surface area contributed by atoms with Gasteiger partial charge in [-0.15, -0.1) is 0 Å². The summed E-state index contributed by atoms with van der Waals surface area (Å²) in [6.45, 7) is 2.61. The molecule has 2 bridgehead atoms. The highest BCUT2D eigenvalue weighted by Gasteiger charge is 2.75. The third kappa shape index (κ3) is 5.09. The van der Waals surface area contributed by atoms with Crippen molar-refractivity contribution >= 4 is 33.4 Å². The number of hydrogen-bond acceptors (Lipinski definition) is 6. The van der Waals surface area contributed by atoms with Crippen LogP contribution in [-0.4, -0.2) is 71.8 Å². The summed E-state index contributed by atoms with van der Waals surface area (Å²) in [6.07, 6.45) is -3.96. The van der Waals surface area contributed by atoms with Crippen LogP contribution in [0.15, 0.2) is 29.3 Å². The van der Waals surface area contributed by atoms with Crippen molar-refractivity contribution in [2.24, 2.45) is 10.4 Å². The number of carbonyl (C=O) groups excluding carboxylic acids is 1. The van der Waals surface area contributed by atoms with Gasteiger partial charge in [0.2, 0.25) is 15.9 Å². The number of nitrogens with one attached hydrogen (secondary N) is 2. The molecular formula is C23H30ClF3N4O4S. The van der Waals surface area contributed by atoms with E-state index >= 15 is 0 Å². The molecule has 1 aliphatic heterocycles. The highest BCUT2D eigenvalue weighted by atomic mass is 35.5. The number of aliphatic imine (C=N–C) groups is 1. The van der Waals surface area contributed by atoms with Gasteiger partial charge >= 0.3 is 6.18 Å². The van der Waals surface area contributed by atoms with Crippen LogP contribution in [0, 0.1) is 5.41 Å². The predicted molar refractivity (Wildman–Crippen MR) is 129 cm³/mol. The van der Waals surface area contributed by atoms with Gasteiger partial charge in [-0.05, 0) is 50.8 Å². The van der Waals surface area contributed by atoms with Crippen molar-refractivity contribution in [1.82, 2.24) is 14.9 Å². The van der Waals surface area contributed by atoms with Crippen molar-refractivity contribution in [1.29, 1.82) is 0 Å². The minimum atomic E-state index is -4.36. The summed E-state index contributed by atoms with van der Waals surface area (Å²) >= 11 is 5.96. The number of amidine groups is 1. The molecule has 1 atom stereocenters. The standard InChI is InChI=1S/C23H30ClF3N4O4S/c1-20(2)17(18(33)28-8-7-23(25,26)27)29-19(30-20)21-12-22(13-21,14-21)31(36(34,35)10-9-32)11-15-3-5-16(24)6-4-15/h3-6,17,32H,7-14H2,1-2H3,(H,28,33)(H,29,30)/t17-,21?,22?/m0/s1. The van der Waals surface area contributed by atoms with E-state index in [0.717, 1.165) is 5.56 Å². The maximum absolute atomic E-state index is 13.1. The van der Waals surface area contributed by atoms with Crippen molar-refractivity contribution < 1.29 is 31.5 Å². The van der Waals surface area contributed by atoms with E-state index in [4.69, 9.17) is 16.6 Å². The van der Waals surface area contributed by atoms with Crippen LogP contribution < -0.4 is 10.6 Å². The van der Waals surface area contributed by atoms with Crippen LogP contribution >= 0.6 is 11.6 Å². The van der Waals surface area contributed by atoms with E-state index in [1.807, 2.05) is 0 Å². The van der Waals surface area contributed by atoms with Gasteiger partial charge in [0.05, 0.1) is 24.3 Å². The highest BCUT2D eigenvalue weighted by Crippen LogP contribution is 2.71. The van der Waals surface area contributed by atoms with Gasteiger partial charge in [0.25, 0.3) is 0 Å². The summed E-state index contributed by atoms with van der Waals surface area (Å²) in [5.41, 5.74) is -1.13. The van der Waals surface area contributed by atoms with E-state index in [1.54, 1.807) is 38.1 Å². The molecule has 4 aliphatic rings. The Morgan fingerprint density at radius 2 is 1.86 bits per heavy atom. The zero-order valence-corrected chi connectivity index (χ0v) is 21.6. The fourth-order valence-corrected chi connectivity index (χ4v) is 7.28. The lowest BCUT2D eigenvalue weighted by atomic mass is 9.38. The zero-order chi connectivity index (χ0) is 26.6. The van der Waals surface area contributed by atoms with Crippen molar-refractivity contribution in [3.8, 4) is 0 Å². The lowest BCUT2D eigenvalue weighted by Gasteiger charge is -2.72. The Morgan fingerprint density at radius 1 is 1.25 bits per heavy atom. The highest BCUT2D eigenvalue weighted by molar-refractivity contribution is 7.89. The Balaban J connectivity index is 1.45. The fourth-order valence-electron chi connectivity index (χ4n) is 5.58. The van der Waals surface area contributed by atoms with E-state index in [2.05, 4.69) is 10.6 Å². The summed E-state index contributed by atoms with van der Waals surface area (Å²) in [5.74, 6) is -0.350. The first-order chi connectivity index (χ1) is 16.6. The summed E-state index contributed by atoms with van der Waals surface area (Å²) in [7, 11) is -3.75. The number of carbonyl (C=O) groups is 1. The summed E-state index contributed by atoms with van der Waals surface area (Å²) in [5, 5.41) is 15.3. The first-order valence-corrected chi connectivity index (χ1v) is 13.7. The van der Waals surface area contributed by atoms with Gasteiger partial charge in [0, 0.05) is 29.1 Å². The molecule has 3 saturated carbocycles. The van der Waals surface area contributed by atoms with Gasteiger partial charge < -0.3 is 15.7 Å². The number of amides is 1. The quantitative estimate of drug-likeness (QED) is 0.415. The number of alkyl halides is 3. The molecule has 3 N–H and O–H groups in total. The van der Waals surface area contributed by atoms with Crippen LogP contribution in [0.1, 0.15) is 45.1 Å². The Kier molecular flexibility index (Phi) is 6.89. The minimum Gasteiger partial charge on any atom is -0.395 e. The van der Waals surface area contributed by atoms with Crippen molar-refractivity contribution in [3.05, 3.63) is 34.9 Å². The number of rotatable bonds is 10. The topological polar surface area (TPSA) is 111 Å². The molecule has 13 heteroatoms. The second-order valence-electron chi connectivity index (χ2n) is 10.6. The van der Waals surface area contributed by atoms with Crippen molar-refractivity contribution in [2.45, 2.75) is 69.4 Å². The number of hydrogen-bond donors (Lipinski definition) is 3. The van der Waals surface area contributed by atoms with Crippen LogP contribution in [0.5, 0.6) is 0 Å². The number of sulfonamides is 1. The Labute approximate surface area is 213 Å². The van der Waals surface area contributed by atoms with E-state index in [9.17, 15) is 31.5 Å². The SMILES string of the molecule is CC1(C)N=C(C23CC(N(Cc4ccc(Cl)cc4)S(=O)(=O)CCO)(C2)C3)N[C@H]1C(=O)NCCC(F)(F)F. The van der Waals surface area contributed by atoms with E-state index in [-0.39, 0.29) is 12.3 Å². The molecule has 36 heavy (non-hydrogen) atoms. The van der Waals surface area contributed by atoms with E-state index in [1.165, 1.54) is 4.31 Å². The third-order valence-corrected chi connectivity index (χ3v) is 9.45. The van der Waals surface area contributed by atoms with Crippen LogP contribution in [0.4, 0.5) is 13.2 Å². The lowest BCUT2D eigenvalue weighted by molar-refractivity contribution is -0.151. The molecule has 1 aromatic rings. The number of halogens is 4. The Hall–Kier alpha value is -1.89. The molecule has 0 unspecified atom stereocenters. The molecule has 0 radical (unpaired) electrons. The van der Waals surface area contributed by atoms with Crippen molar-refractivity contribution in [2.75, 3.05) is 18.9 Å². The minimum absolute atomic E-state index is 0.144. The molecule has 200 valence electrons. The fraction of sp³-hybridized carbons (Fsp3) is 0.652. The average molecular weight is 551 g/mol. The maximum atomic E-state index is 13.1. The molecule has 1 amide bonds. The van der Waals surface area contributed by atoms with Crippen LogP contribution in [0.3, 0.4) is 0 Å². The van der Waals surface area contributed by atoms with Crippen molar-refractivity contribution in [3.63, 3.8) is 0 Å². The van der Waals surface area contributed by atoms with Gasteiger partial charge in [0.1, 0.15) is 11.9 Å². The molecule has 0 spiro atoms. The van der Waals surface area contributed by atoms with E-state index in [0.29, 0.717) is 30.1 Å². The molecule has 0 aromatic heterocycles. The second-order valence-corrected chi connectivity index (χ2v) is 13.0. The number of aliphatic hydroxyl groups is 1. The molecule has 1 aromatic carbocycles. The Bertz CT molecular complexity index is 1140. The van der Waals surface area contributed by atoms with Crippen LogP contribution in [0.2, 0.25) is 5.02 Å². The largest absolute Gasteiger partial charge is 0.395 e. The molecule has 3 fully saturated rings. The number of nitrogens with zero attached hydrogens (tertiary/aromatic N) is 2. The maximum Gasteiger partial charge on any atom is 0.390 e. The lowest BCUT2D eigenvalue weighted by Crippen LogP contribution is -2.78. The normalized spacial score (nSPS) is 28.7. The monoisotopic (exact) mass is 550 g/mol. The van der Waals surface area contributed by atoms with Crippen LogP contribution in [0.25, 0.3) is 0 Å². The summed E-state index contributed by atoms with van der Waals surface area (Å²) < 4.78 is 64.9. The summed E-state index contributed by atoms with van der Waals surface area (Å²) in [6, 6.07) is 6.08.